The van der Waals surface area contributed by atoms with E-state index in [9.17, 15) is 9.59 Å². The molecule has 0 saturated heterocycles. The first kappa shape index (κ1) is 23.2. The van der Waals surface area contributed by atoms with E-state index in [2.05, 4.69) is 10.1 Å². The van der Waals surface area contributed by atoms with Gasteiger partial charge in [0.2, 0.25) is 11.6 Å². The molecule has 10 heteroatoms. The normalized spacial score (nSPS) is 17.3. The van der Waals surface area contributed by atoms with E-state index in [-0.39, 0.29) is 18.3 Å². The Labute approximate surface area is 197 Å². The van der Waals surface area contributed by atoms with Crippen molar-refractivity contribution >= 4 is 17.6 Å². The van der Waals surface area contributed by atoms with Gasteiger partial charge in [0.25, 0.3) is 5.89 Å². The summed E-state index contributed by atoms with van der Waals surface area (Å²) in [7, 11) is 4.57. The van der Waals surface area contributed by atoms with Crippen molar-refractivity contribution in [3.8, 4) is 28.6 Å². The smallest absolute Gasteiger partial charge is 0.493 e. The molecule has 0 radical (unpaired) electrons. The lowest BCUT2D eigenvalue weighted by Gasteiger charge is -2.26. The number of benzene rings is 1. The molecule has 0 saturated carbocycles. The summed E-state index contributed by atoms with van der Waals surface area (Å²) in [6.07, 6.45) is 8.79. The van der Waals surface area contributed by atoms with Crippen molar-refractivity contribution in [1.82, 2.24) is 15.0 Å². The molecular weight excluding hydrogens is 440 g/mol. The fourth-order valence-electron chi connectivity index (χ4n) is 3.98. The quantitative estimate of drug-likeness (QED) is 0.518. The summed E-state index contributed by atoms with van der Waals surface area (Å²) in [4.78, 5) is 31.9. The number of hydrogen-bond acceptors (Lipinski definition) is 8. The molecule has 1 aromatic heterocycles. The molecule has 34 heavy (non-hydrogen) atoms. The first-order chi connectivity index (χ1) is 16.5. The Balaban J connectivity index is 1.67. The first-order valence-corrected chi connectivity index (χ1v) is 11.0. The van der Waals surface area contributed by atoms with Crippen molar-refractivity contribution in [2.75, 3.05) is 27.9 Å². The van der Waals surface area contributed by atoms with Gasteiger partial charge in [-0.25, -0.2) is 4.79 Å². The van der Waals surface area contributed by atoms with E-state index < -0.39 is 11.9 Å². The topological polar surface area (TPSA) is 107 Å². The van der Waals surface area contributed by atoms with Gasteiger partial charge in [-0.3, -0.25) is 0 Å². The number of urea groups is 1. The minimum Gasteiger partial charge on any atom is -0.493 e. The number of carbonyl (C=O) groups is 2. The molecule has 3 amide bonds. The van der Waals surface area contributed by atoms with E-state index in [4.69, 9.17) is 18.7 Å². The van der Waals surface area contributed by atoms with Crippen LogP contribution < -0.4 is 14.2 Å². The second-order valence-electron chi connectivity index (χ2n) is 7.78. The molecule has 4 rings (SSSR count). The third kappa shape index (κ3) is 4.18. The highest BCUT2D eigenvalue weighted by Gasteiger charge is 2.46. The van der Waals surface area contributed by atoms with E-state index in [1.165, 1.54) is 30.8 Å². The van der Waals surface area contributed by atoms with Gasteiger partial charge in [-0.05, 0) is 24.6 Å². The average molecular weight is 468 g/mol. The molecule has 0 spiro atoms. The van der Waals surface area contributed by atoms with Crippen molar-refractivity contribution in [3.63, 3.8) is 0 Å². The van der Waals surface area contributed by atoms with E-state index in [0.717, 1.165) is 12.8 Å². The standard InChI is InChI=1S/C24H27N4O6/c1-5-6-11-27-23(29)16-9-7-8-10-17(16)28(24(27)30)14-20-25-22(26-34-20)15-12-18(31-2)21(33-4)19(13-15)32-3/h7-10,12-13,16H,5-6,11,14H2,1-4H3/q+1. The van der Waals surface area contributed by atoms with Gasteiger partial charge >= 0.3 is 11.9 Å². The van der Waals surface area contributed by atoms with Crippen LogP contribution in [-0.4, -0.2) is 65.1 Å². The summed E-state index contributed by atoms with van der Waals surface area (Å²) in [5.41, 5.74) is 1.19. The van der Waals surface area contributed by atoms with Gasteiger partial charge < -0.3 is 18.7 Å². The molecule has 2 heterocycles. The number of unbranched alkanes of at least 4 members (excludes halogenated alkanes) is 1. The zero-order valence-electron chi connectivity index (χ0n) is 19.6. The number of allylic oxidation sites excluding steroid dienone is 3. The zero-order valence-corrected chi connectivity index (χ0v) is 19.6. The summed E-state index contributed by atoms with van der Waals surface area (Å²) in [5, 5.41) is 4.07. The minimum atomic E-state index is -0.517. The van der Waals surface area contributed by atoms with Crippen molar-refractivity contribution < 1.29 is 32.9 Å². The van der Waals surface area contributed by atoms with Gasteiger partial charge in [0, 0.05) is 5.56 Å². The molecule has 2 aromatic rings. The van der Waals surface area contributed by atoms with Gasteiger partial charge in [0.15, 0.2) is 18.0 Å². The van der Waals surface area contributed by atoms with Crippen LogP contribution in [-0.2, 0) is 11.3 Å². The fraction of sp³-hybridized carbons (Fsp3) is 0.375. The lowest BCUT2D eigenvalue weighted by atomic mass is 9.94. The van der Waals surface area contributed by atoms with E-state index in [1.54, 1.807) is 30.4 Å². The van der Waals surface area contributed by atoms with Gasteiger partial charge in [-0.1, -0.05) is 36.7 Å². The Bertz CT molecular complexity index is 1170. The van der Waals surface area contributed by atoms with Gasteiger partial charge in [-0.2, -0.15) is 19.3 Å². The number of fused-ring (bicyclic) bond motifs is 1. The van der Waals surface area contributed by atoms with E-state index >= 15 is 0 Å². The summed E-state index contributed by atoms with van der Waals surface area (Å²) >= 11 is 0. The molecule has 1 aliphatic heterocycles. The minimum absolute atomic E-state index is 0.0379. The predicted octanol–water partition coefficient (Wildman–Crippen LogP) is 3.22. The van der Waals surface area contributed by atoms with Crippen molar-refractivity contribution in [3.05, 3.63) is 42.3 Å². The Hall–Kier alpha value is -3.95. The first-order valence-electron chi connectivity index (χ1n) is 11.0. The highest BCUT2D eigenvalue weighted by molar-refractivity contribution is 6.16. The van der Waals surface area contributed by atoms with Crippen molar-refractivity contribution in [2.24, 2.45) is 5.92 Å². The second kappa shape index (κ2) is 9.90. The number of amides is 3. The molecule has 1 aromatic carbocycles. The number of ether oxygens (including phenoxy) is 3. The van der Waals surface area contributed by atoms with Crippen LogP contribution in [0.4, 0.5) is 4.79 Å². The monoisotopic (exact) mass is 467 g/mol. The van der Waals surface area contributed by atoms with Crippen LogP contribution in [0.3, 0.4) is 0 Å². The summed E-state index contributed by atoms with van der Waals surface area (Å²) in [6, 6.07) is 3.04. The van der Waals surface area contributed by atoms with E-state index in [1.807, 2.05) is 13.0 Å². The van der Waals surface area contributed by atoms with Crippen LogP contribution in [0.25, 0.3) is 11.4 Å². The molecule has 1 atom stereocenters. The number of hydrogen-bond donors (Lipinski definition) is 0. The van der Waals surface area contributed by atoms with Crippen LogP contribution in [0.2, 0.25) is 0 Å². The number of methoxy groups -OCH3 is 3. The maximum absolute atomic E-state index is 13.2. The van der Waals surface area contributed by atoms with Crippen LogP contribution in [0.5, 0.6) is 17.2 Å². The highest BCUT2D eigenvalue weighted by atomic mass is 16.5. The molecule has 1 aliphatic carbocycles. The zero-order chi connectivity index (χ0) is 24.2. The Morgan fingerprint density at radius 3 is 2.47 bits per heavy atom. The molecular formula is C24H27N4O6+. The molecule has 0 fully saturated rings. The lowest BCUT2D eigenvalue weighted by molar-refractivity contribution is -0.460. The fourth-order valence-corrected chi connectivity index (χ4v) is 3.98. The van der Waals surface area contributed by atoms with Crippen LogP contribution >= 0.6 is 0 Å². The molecule has 1 unspecified atom stereocenters. The average Bonchev–Trinajstić information content (AvgIpc) is 3.34. The largest absolute Gasteiger partial charge is 0.501 e. The second-order valence-corrected chi connectivity index (χ2v) is 7.78. The Kier molecular flexibility index (Phi) is 6.76. The lowest BCUT2D eigenvalue weighted by Crippen LogP contribution is -2.54. The number of aromatic nitrogens is 2. The highest BCUT2D eigenvalue weighted by Crippen LogP contribution is 2.40. The molecule has 0 bridgehead atoms. The van der Waals surface area contributed by atoms with Crippen LogP contribution in [0.15, 0.2) is 41.0 Å². The summed E-state index contributed by atoms with van der Waals surface area (Å²) in [6.45, 7) is 2.42. The SMILES string of the molecule is CCCCN1C(=O)C2C=CC=CC2=[N+](Cc2nc(-c3cc(OC)c(OC)c(OC)c3)no2)C1=O. The van der Waals surface area contributed by atoms with Crippen molar-refractivity contribution in [2.45, 2.75) is 26.3 Å². The molecule has 10 nitrogen and oxygen atoms in total. The number of carbonyl (C=O) groups excluding carboxylic acids is 2. The van der Waals surface area contributed by atoms with Gasteiger partial charge in [-0.15, -0.1) is 0 Å². The Morgan fingerprint density at radius 1 is 1.09 bits per heavy atom. The third-order valence-corrected chi connectivity index (χ3v) is 5.73. The predicted molar refractivity (Wildman–Crippen MR) is 122 cm³/mol. The maximum Gasteiger partial charge on any atom is 0.501 e. The number of nitrogens with zero attached hydrogens (tertiary/aromatic N) is 4. The van der Waals surface area contributed by atoms with E-state index in [0.29, 0.717) is 40.9 Å². The van der Waals surface area contributed by atoms with Crippen LogP contribution in [0.1, 0.15) is 25.7 Å². The van der Waals surface area contributed by atoms with Crippen LogP contribution in [0, 0.1) is 5.92 Å². The summed E-state index contributed by atoms with van der Waals surface area (Å²) < 4.78 is 23.1. The van der Waals surface area contributed by atoms with Gasteiger partial charge in [0.05, 0.1) is 27.9 Å². The molecule has 2 aliphatic rings. The summed E-state index contributed by atoms with van der Waals surface area (Å²) in [5.74, 6) is 1.17. The number of rotatable bonds is 9. The van der Waals surface area contributed by atoms with Gasteiger partial charge in [0.1, 0.15) is 11.6 Å². The maximum atomic E-state index is 13.2. The Morgan fingerprint density at radius 2 is 1.82 bits per heavy atom. The molecule has 178 valence electrons. The van der Waals surface area contributed by atoms with Crippen molar-refractivity contribution in [1.29, 1.82) is 0 Å². The number of imide groups is 1. The molecule has 0 N–H and O–H groups in total. The third-order valence-electron chi connectivity index (χ3n) is 5.73.